The summed E-state index contributed by atoms with van der Waals surface area (Å²) in [6.07, 6.45) is 1.31. The summed E-state index contributed by atoms with van der Waals surface area (Å²) < 4.78 is 0. The normalized spacial score (nSPS) is 13.4. The molecule has 0 heterocycles. The first-order valence-corrected chi connectivity index (χ1v) is 3.45. The number of hydrogen-bond donors (Lipinski definition) is 3. The van der Waals surface area contributed by atoms with E-state index in [1.165, 1.54) is 13.1 Å². The minimum atomic E-state index is -0.304. The zero-order chi connectivity index (χ0) is 10.3. The lowest BCUT2D eigenvalue weighted by Gasteiger charge is -1.96. The number of nitrogens with one attached hydrogen (secondary N) is 1. The molecule has 0 rings (SSSR count). The van der Waals surface area contributed by atoms with Gasteiger partial charge in [-0.1, -0.05) is 0 Å². The number of carbonyl (C=O) groups is 1. The Morgan fingerprint density at radius 3 is 2.46 bits per heavy atom. The fraction of sp³-hybridized carbons (Fsp3) is 0.333. The summed E-state index contributed by atoms with van der Waals surface area (Å²) in [7, 11) is 0. The van der Waals surface area contributed by atoms with E-state index in [-0.39, 0.29) is 11.9 Å². The van der Waals surface area contributed by atoms with Crippen molar-refractivity contribution in [1.29, 1.82) is 0 Å². The van der Waals surface area contributed by atoms with Crippen molar-refractivity contribution < 1.29 is 4.79 Å². The predicted octanol–water partition coefficient (Wildman–Crippen LogP) is -1.24. The maximum Gasteiger partial charge on any atom is 0.223 e. The van der Waals surface area contributed by atoms with Crippen LogP contribution >= 0.6 is 0 Å². The van der Waals surface area contributed by atoms with E-state index in [9.17, 15) is 4.79 Å². The Bertz CT molecular complexity index is 266. The first kappa shape index (κ1) is 11.1. The SMILES string of the molecule is CC(=O)N\C(N)=N/N=C(C)\C=N/N. The molecule has 0 spiro atoms. The van der Waals surface area contributed by atoms with Gasteiger partial charge in [0.15, 0.2) is 0 Å². The third-order valence-electron chi connectivity index (χ3n) is 0.881. The van der Waals surface area contributed by atoms with Crippen LogP contribution in [0.2, 0.25) is 0 Å². The number of guanidine groups is 1. The van der Waals surface area contributed by atoms with Crippen molar-refractivity contribution in [2.75, 3.05) is 0 Å². The number of rotatable bonds is 2. The van der Waals surface area contributed by atoms with Crippen LogP contribution in [-0.4, -0.2) is 23.8 Å². The van der Waals surface area contributed by atoms with Crippen molar-refractivity contribution in [1.82, 2.24) is 5.32 Å². The second-order valence-corrected chi connectivity index (χ2v) is 2.19. The summed E-state index contributed by atoms with van der Waals surface area (Å²) in [5, 5.41) is 12.6. The van der Waals surface area contributed by atoms with Gasteiger partial charge in [0.25, 0.3) is 0 Å². The smallest absolute Gasteiger partial charge is 0.223 e. The van der Waals surface area contributed by atoms with Gasteiger partial charge >= 0.3 is 0 Å². The molecule has 7 nitrogen and oxygen atoms in total. The van der Waals surface area contributed by atoms with Crippen LogP contribution in [-0.2, 0) is 4.79 Å². The molecular formula is C6H12N6O. The zero-order valence-electron chi connectivity index (χ0n) is 7.48. The van der Waals surface area contributed by atoms with Crippen LogP contribution in [0.15, 0.2) is 15.3 Å². The van der Waals surface area contributed by atoms with E-state index in [1.54, 1.807) is 6.92 Å². The topological polar surface area (TPSA) is 118 Å². The van der Waals surface area contributed by atoms with Crippen LogP contribution in [0.1, 0.15) is 13.8 Å². The van der Waals surface area contributed by atoms with Crippen molar-refractivity contribution in [2.45, 2.75) is 13.8 Å². The predicted molar refractivity (Wildman–Crippen MR) is 51.2 cm³/mol. The number of carbonyl (C=O) groups excluding carboxylic acids is 1. The van der Waals surface area contributed by atoms with Gasteiger partial charge in [0.1, 0.15) is 0 Å². The van der Waals surface area contributed by atoms with E-state index in [4.69, 9.17) is 11.6 Å². The molecule has 72 valence electrons. The van der Waals surface area contributed by atoms with Gasteiger partial charge in [-0.2, -0.15) is 10.2 Å². The minimum absolute atomic E-state index is 0.0720. The molecule has 0 aliphatic heterocycles. The van der Waals surface area contributed by atoms with Crippen LogP contribution in [0.25, 0.3) is 0 Å². The summed E-state index contributed by atoms with van der Waals surface area (Å²) in [6, 6.07) is 0. The Kier molecular flexibility index (Phi) is 4.85. The van der Waals surface area contributed by atoms with Crippen LogP contribution in [0, 0.1) is 0 Å². The first-order chi connectivity index (χ1) is 6.06. The zero-order valence-corrected chi connectivity index (χ0v) is 7.48. The van der Waals surface area contributed by atoms with Gasteiger partial charge in [-0.25, -0.2) is 0 Å². The highest BCUT2D eigenvalue weighted by Gasteiger charge is 1.92. The lowest BCUT2D eigenvalue weighted by atomic mass is 10.5. The van der Waals surface area contributed by atoms with E-state index >= 15 is 0 Å². The van der Waals surface area contributed by atoms with Gasteiger partial charge in [-0.3, -0.25) is 10.1 Å². The quantitative estimate of drug-likeness (QED) is 0.215. The number of nitrogens with two attached hydrogens (primary N) is 2. The molecule has 0 saturated heterocycles. The largest absolute Gasteiger partial charge is 0.368 e. The van der Waals surface area contributed by atoms with Crippen molar-refractivity contribution in [3.63, 3.8) is 0 Å². The van der Waals surface area contributed by atoms with Gasteiger partial charge in [0, 0.05) is 6.92 Å². The fourth-order valence-electron chi connectivity index (χ4n) is 0.472. The van der Waals surface area contributed by atoms with Crippen LogP contribution in [0.4, 0.5) is 0 Å². The third kappa shape index (κ3) is 6.48. The average Bonchev–Trinajstić information content (AvgIpc) is 2.00. The molecule has 0 aromatic rings. The highest BCUT2D eigenvalue weighted by atomic mass is 16.1. The lowest BCUT2D eigenvalue weighted by Crippen LogP contribution is -2.34. The second kappa shape index (κ2) is 5.70. The van der Waals surface area contributed by atoms with E-state index in [0.29, 0.717) is 5.71 Å². The van der Waals surface area contributed by atoms with E-state index < -0.39 is 0 Å². The second-order valence-electron chi connectivity index (χ2n) is 2.19. The molecule has 0 aromatic heterocycles. The fourth-order valence-corrected chi connectivity index (χ4v) is 0.472. The molecule has 1 amide bonds. The summed E-state index contributed by atoms with van der Waals surface area (Å²) in [5.41, 5.74) is 5.74. The van der Waals surface area contributed by atoms with E-state index in [1.807, 2.05) is 0 Å². The van der Waals surface area contributed by atoms with Gasteiger partial charge in [-0.15, -0.1) is 5.10 Å². The molecule has 0 aromatic carbocycles. The monoisotopic (exact) mass is 184 g/mol. The maximum atomic E-state index is 10.5. The first-order valence-electron chi connectivity index (χ1n) is 3.45. The van der Waals surface area contributed by atoms with Gasteiger partial charge in [-0.05, 0) is 6.92 Å². The molecule has 0 bridgehead atoms. The van der Waals surface area contributed by atoms with Gasteiger partial charge < -0.3 is 11.6 Å². The minimum Gasteiger partial charge on any atom is -0.368 e. The Balaban J connectivity index is 4.24. The molecule has 0 unspecified atom stereocenters. The van der Waals surface area contributed by atoms with Gasteiger partial charge in [0.05, 0.1) is 11.9 Å². The van der Waals surface area contributed by atoms with E-state index in [0.717, 1.165) is 0 Å². The van der Waals surface area contributed by atoms with Crippen molar-refractivity contribution in [3.8, 4) is 0 Å². The maximum absolute atomic E-state index is 10.5. The van der Waals surface area contributed by atoms with Crippen molar-refractivity contribution in [3.05, 3.63) is 0 Å². The molecule has 0 radical (unpaired) electrons. The van der Waals surface area contributed by atoms with Crippen LogP contribution < -0.4 is 16.9 Å². The Hall–Kier alpha value is -1.92. The van der Waals surface area contributed by atoms with Crippen LogP contribution in [0.3, 0.4) is 0 Å². The Labute approximate surface area is 75.6 Å². The standard InChI is InChI=1S/C6H12N6O/c1-4(3-9-8)11-12-6(7)10-5(2)13/h3H,8H2,1-2H3,(H3,7,10,12,13)/b9-3-,11-4-. The summed E-state index contributed by atoms with van der Waals surface area (Å²) in [5.74, 6) is 4.48. The van der Waals surface area contributed by atoms with Crippen molar-refractivity contribution in [2.24, 2.45) is 26.9 Å². The average molecular weight is 184 g/mol. The van der Waals surface area contributed by atoms with Crippen LogP contribution in [0.5, 0.6) is 0 Å². The molecule has 5 N–H and O–H groups in total. The Morgan fingerprint density at radius 1 is 1.38 bits per heavy atom. The lowest BCUT2D eigenvalue weighted by molar-refractivity contribution is -0.117. The Morgan fingerprint density at radius 2 is 2.00 bits per heavy atom. The molecule has 0 aliphatic carbocycles. The van der Waals surface area contributed by atoms with E-state index in [2.05, 4.69) is 20.6 Å². The highest BCUT2D eigenvalue weighted by molar-refractivity contribution is 6.29. The molecule has 0 aliphatic rings. The molecular weight excluding hydrogens is 172 g/mol. The van der Waals surface area contributed by atoms with Gasteiger partial charge in [0.2, 0.25) is 11.9 Å². The molecule has 0 fully saturated rings. The highest BCUT2D eigenvalue weighted by Crippen LogP contribution is 1.75. The number of nitrogens with zero attached hydrogens (tertiary/aromatic N) is 3. The summed E-state index contributed by atoms with van der Waals surface area (Å²) in [4.78, 5) is 10.5. The molecule has 0 atom stereocenters. The number of hydrazone groups is 1. The van der Waals surface area contributed by atoms with Crippen molar-refractivity contribution >= 4 is 23.8 Å². The molecule has 7 heteroatoms. The number of hydrogen-bond acceptors (Lipinski definition) is 5. The number of amides is 1. The molecule has 0 saturated carbocycles. The summed E-state index contributed by atoms with van der Waals surface area (Å²) in [6.45, 7) is 2.96. The third-order valence-corrected chi connectivity index (χ3v) is 0.881. The molecule has 13 heavy (non-hydrogen) atoms. The summed E-state index contributed by atoms with van der Waals surface area (Å²) >= 11 is 0.